The number of nitrogens with one attached hydrogen (secondary N) is 2. The lowest BCUT2D eigenvalue weighted by Gasteiger charge is -2.23. The molecule has 0 bridgehead atoms. The van der Waals surface area contributed by atoms with Crippen LogP contribution in [0.4, 0.5) is 0 Å². The van der Waals surface area contributed by atoms with Crippen molar-refractivity contribution in [3.05, 3.63) is 0 Å². The molecule has 17 heavy (non-hydrogen) atoms. The minimum atomic E-state index is 0.230. The number of hydrogen-bond donors (Lipinski definition) is 2. The van der Waals surface area contributed by atoms with E-state index in [0.29, 0.717) is 12.5 Å². The van der Waals surface area contributed by atoms with E-state index in [2.05, 4.69) is 17.6 Å². The molecule has 3 nitrogen and oxygen atoms in total. The second-order valence-corrected chi connectivity index (χ2v) is 5.12. The molecule has 1 rings (SSSR count). The van der Waals surface area contributed by atoms with E-state index in [1.54, 1.807) is 0 Å². The quantitative estimate of drug-likeness (QED) is 0.640. The molecule has 1 unspecified atom stereocenters. The van der Waals surface area contributed by atoms with Crippen LogP contribution < -0.4 is 10.6 Å². The van der Waals surface area contributed by atoms with Crippen LogP contribution in [0.1, 0.15) is 64.7 Å². The van der Waals surface area contributed by atoms with Crippen molar-refractivity contribution in [2.24, 2.45) is 0 Å². The van der Waals surface area contributed by atoms with E-state index in [-0.39, 0.29) is 5.91 Å². The number of amides is 1. The van der Waals surface area contributed by atoms with E-state index < -0.39 is 0 Å². The number of carbonyl (C=O) groups excluding carboxylic acids is 1. The molecule has 1 aliphatic rings. The van der Waals surface area contributed by atoms with Crippen molar-refractivity contribution in [1.82, 2.24) is 10.6 Å². The fourth-order valence-corrected chi connectivity index (χ4v) is 2.31. The van der Waals surface area contributed by atoms with Crippen molar-refractivity contribution in [3.8, 4) is 0 Å². The maximum absolute atomic E-state index is 11.6. The summed E-state index contributed by atoms with van der Waals surface area (Å²) < 4.78 is 0. The van der Waals surface area contributed by atoms with E-state index in [9.17, 15) is 4.79 Å². The molecule has 3 heteroatoms. The van der Waals surface area contributed by atoms with Crippen molar-refractivity contribution < 1.29 is 4.79 Å². The molecule has 0 aromatic heterocycles. The Morgan fingerprint density at radius 2 is 2.06 bits per heavy atom. The molecule has 0 radical (unpaired) electrons. The van der Waals surface area contributed by atoms with E-state index in [1.165, 1.54) is 44.9 Å². The molecule has 1 amide bonds. The SMILES string of the molecule is CCCCCCCC(=O)NCC1CCCCN1. The number of unbranched alkanes of at least 4 members (excludes halogenated alkanes) is 4. The summed E-state index contributed by atoms with van der Waals surface area (Å²) in [5.41, 5.74) is 0. The normalized spacial score (nSPS) is 20.2. The van der Waals surface area contributed by atoms with E-state index >= 15 is 0 Å². The van der Waals surface area contributed by atoms with Crippen LogP contribution in [0.5, 0.6) is 0 Å². The number of rotatable bonds is 8. The summed E-state index contributed by atoms with van der Waals surface area (Å²) in [5.74, 6) is 0.230. The topological polar surface area (TPSA) is 41.1 Å². The lowest BCUT2D eigenvalue weighted by atomic mass is 10.1. The van der Waals surface area contributed by atoms with Gasteiger partial charge in [-0.3, -0.25) is 4.79 Å². The highest BCUT2D eigenvalue weighted by Gasteiger charge is 2.12. The van der Waals surface area contributed by atoms with Gasteiger partial charge >= 0.3 is 0 Å². The van der Waals surface area contributed by atoms with E-state index in [0.717, 1.165) is 19.5 Å². The van der Waals surface area contributed by atoms with Gasteiger partial charge in [0.15, 0.2) is 0 Å². The molecular formula is C14H28N2O. The van der Waals surface area contributed by atoms with Crippen LogP contribution in [0, 0.1) is 0 Å². The van der Waals surface area contributed by atoms with Crippen molar-refractivity contribution in [2.75, 3.05) is 13.1 Å². The van der Waals surface area contributed by atoms with Crippen molar-refractivity contribution in [3.63, 3.8) is 0 Å². The molecular weight excluding hydrogens is 212 g/mol. The van der Waals surface area contributed by atoms with Gasteiger partial charge in [0, 0.05) is 19.0 Å². The summed E-state index contributed by atoms with van der Waals surface area (Å²) in [4.78, 5) is 11.6. The summed E-state index contributed by atoms with van der Waals surface area (Å²) in [6, 6.07) is 0.507. The van der Waals surface area contributed by atoms with Gasteiger partial charge in [-0.1, -0.05) is 39.0 Å². The fraction of sp³-hybridized carbons (Fsp3) is 0.929. The van der Waals surface area contributed by atoms with Gasteiger partial charge in [0.1, 0.15) is 0 Å². The Kier molecular flexibility index (Phi) is 8.06. The average Bonchev–Trinajstić information content (AvgIpc) is 2.37. The molecule has 1 fully saturated rings. The van der Waals surface area contributed by atoms with Crippen LogP contribution in [0.3, 0.4) is 0 Å². The third-order valence-electron chi connectivity index (χ3n) is 3.47. The highest BCUT2D eigenvalue weighted by molar-refractivity contribution is 5.75. The minimum absolute atomic E-state index is 0.230. The standard InChI is InChI=1S/C14H28N2O/c1-2-3-4-5-6-10-14(17)16-12-13-9-7-8-11-15-13/h13,15H,2-12H2,1H3,(H,16,17). The highest BCUT2D eigenvalue weighted by Crippen LogP contribution is 2.07. The Labute approximate surface area is 106 Å². The second-order valence-electron chi connectivity index (χ2n) is 5.12. The Morgan fingerprint density at radius 3 is 2.76 bits per heavy atom. The molecule has 0 aromatic rings. The monoisotopic (exact) mass is 240 g/mol. The summed E-state index contributed by atoms with van der Waals surface area (Å²) in [5, 5.41) is 6.49. The molecule has 1 aliphatic heterocycles. The van der Waals surface area contributed by atoms with Crippen molar-refractivity contribution in [2.45, 2.75) is 70.8 Å². The first kappa shape index (κ1) is 14.5. The van der Waals surface area contributed by atoms with Gasteiger partial charge in [-0.25, -0.2) is 0 Å². The molecule has 1 atom stereocenters. The van der Waals surface area contributed by atoms with E-state index in [4.69, 9.17) is 0 Å². The lowest BCUT2D eigenvalue weighted by Crippen LogP contribution is -2.43. The van der Waals surface area contributed by atoms with Gasteiger partial charge < -0.3 is 10.6 Å². The third-order valence-corrected chi connectivity index (χ3v) is 3.47. The Morgan fingerprint density at radius 1 is 1.24 bits per heavy atom. The summed E-state index contributed by atoms with van der Waals surface area (Å²) >= 11 is 0. The zero-order chi connectivity index (χ0) is 12.3. The molecule has 0 aliphatic carbocycles. The maximum Gasteiger partial charge on any atom is 0.220 e. The van der Waals surface area contributed by atoms with Crippen LogP contribution in [0.2, 0.25) is 0 Å². The van der Waals surface area contributed by atoms with Crippen LogP contribution in [0.15, 0.2) is 0 Å². The molecule has 100 valence electrons. The number of carbonyl (C=O) groups is 1. The van der Waals surface area contributed by atoms with Gasteiger partial charge in [0.05, 0.1) is 0 Å². The summed E-state index contributed by atoms with van der Waals surface area (Å²) in [6.45, 7) is 4.13. The first-order chi connectivity index (χ1) is 8.33. The fourth-order valence-electron chi connectivity index (χ4n) is 2.31. The average molecular weight is 240 g/mol. The molecule has 1 heterocycles. The molecule has 2 N–H and O–H groups in total. The highest BCUT2D eigenvalue weighted by atomic mass is 16.1. The number of piperidine rings is 1. The Bertz CT molecular complexity index is 200. The third kappa shape index (κ3) is 7.37. The van der Waals surface area contributed by atoms with Crippen LogP contribution in [-0.2, 0) is 4.79 Å². The van der Waals surface area contributed by atoms with Crippen molar-refractivity contribution >= 4 is 5.91 Å². The summed E-state index contributed by atoms with van der Waals surface area (Å²) in [7, 11) is 0. The molecule has 0 saturated carbocycles. The molecule has 0 spiro atoms. The van der Waals surface area contributed by atoms with Gasteiger partial charge in [-0.05, 0) is 25.8 Å². The maximum atomic E-state index is 11.6. The predicted octanol–water partition coefficient (Wildman–Crippen LogP) is 2.61. The first-order valence-electron chi connectivity index (χ1n) is 7.33. The predicted molar refractivity (Wildman–Crippen MR) is 72.0 cm³/mol. The van der Waals surface area contributed by atoms with Gasteiger partial charge in [-0.2, -0.15) is 0 Å². The van der Waals surface area contributed by atoms with Gasteiger partial charge in [0.2, 0.25) is 5.91 Å². The molecule has 1 saturated heterocycles. The van der Waals surface area contributed by atoms with E-state index in [1.807, 2.05) is 0 Å². The van der Waals surface area contributed by atoms with Crippen LogP contribution >= 0.6 is 0 Å². The lowest BCUT2D eigenvalue weighted by molar-refractivity contribution is -0.121. The largest absolute Gasteiger partial charge is 0.355 e. The Balaban J connectivity index is 1.93. The summed E-state index contributed by atoms with van der Waals surface area (Å²) in [6.07, 6.45) is 10.6. The minimum Gasteiger partial charge on any atom is -0.355 e. The first-order valence-corrected chi connectivity index (χ1v) is 7.33. The number of hydrogen-bond acceptors (Lipinski definition) is 2. The zero-order valence-electron chi connectivity index (χ0n) is 11.3. The molecule has 0 aromatic carbocycles. The zero-order valence-corrected chi connectivity index (χ0v) is 11.3. The Hall–Kier alpha value is -0.570. The van der Waals surface area contributed by atoms with Crippen LogP contribution in [-0.4, -0.2) is 25.0 Å². The smallest absolute Gasteiger partial charge is 0.220 e. The van der Waals surface area contributed by atoms with Gasteiger partial charge in [0.25, 0.3) is 0 Å². The van der Waals surface area contributed by atoms with Crippen LogP contribution in [0.25, 0.3) is 0 Å². The van der Waals surface area contributed by atoms with Crippen molar-refractivity contribution in [1.29, 1.82) is 0 Å². The van der Waals surface area contributed by atoms with Gasteiger partial charge in [-0.15, -0.1) is 0 Å². The second kappa shape index (κ2) is 9.46.